The number of para-hydroxylation sites is 2. The standard InChI is InChI=1S/C50H57Cl2N13O4S/c1-8-62(9-2)28(6)55-49-59-48(60-50(61-49)56-29(7)63(10-3)11-4)53-25-26-54-70(66,67)27-65-35-20-16-14-18-31(35)39-37(65)24-22-33-45(39)69-47-41(52)42-46(40(51)43(47)58-33)68-44-32(57-42)21-23-36-38(44)30-17-13-15-19-34(30)64(36)12-5/h13-24,28-29,45-46,54H,8-12,25-27H2,1-7H3,(H3,53,55,56,59,60,61). The number of nitrogens with one attached hydrogen (secondary N) is 4. The van der Waals surface area contributed by atoms with Gasteiger partial charge >= 0.3 is 0 Å². The van der Waals surface area contributed by atoms with Crippen LogP contribution in [0.25, 0.3) is 38.8 Å². The van der Waals surface area contributed by atoms with Gasteiger partial charge in [-0.15, -0.1) is 0 Å². The number of aromatic nitrogens is 5. The summed E-state index contributed by atoms with van der Waals surface area (Å²) in [5, 5.41) is 13.4. The van der Waals surface area contributed by atoms with Crippen LogP contribution in [0.4, 0.5) is 23.5 Å². The SMILES string of the molecule is CCN(CC)C(C)Nc1nc(NCCNS(=O)(=O)Cn2c3c(c4ccccc42)C2OC4=C(Cl)C5=Nc6ccc7c(c6OC5C(Cl)=C4N=C2C=C3)c2ccccc2n7CC)nc(NC(C)N(CC)CC)n1. The van der Waals surface area contributed by atoms with Gasteiger partial charge in [0, 0.05) is 47.0 Å². The molecule has 5 heterocycles. The predicted molar refractivity (Wildman–Crippen MR) is 282 cm³/mol. The fraction of sp³-hybridized carbons (Fsp3) is 0.380. The van der Waals surface area contributed by atoms with Crippen molar-refractivity contribution in [3.8, 4) is 5.75 Å². The van der Waals surface area contributed by atoms with E-state index in [4.69, 9.17) is 42.7 Å². The second-order valence-electron chi connectivity index (χ2n) is 17.5. The van der Waals surface area contributed by atoms with E-state index < -0.39 is 22.2 Å². The summed E-state index contributed by atoms with van der Waals surface area (Å²) >= 11 is 14.5. The summed E-state index contributed by atoms with van der Waals surface area (Å²) in [6.07, 6.45) is 2.12. The largest absolute Gasteiger partial charge is 0.475 e. The molecule has 0 saturated carbocycles. The zero-order valence-corrected chi connectivity index (χ0v) is 42.5. The maximum atomic E-state index is 14.0. The molecule has 17 nitrogen and oxygen atoms in total. The van der Waals surface area contributed by atoms with E-state index in [1.807, 2.05) is 54.6 Å². The number of aliphatic imine (C=N–C) groups is 2. The first-order chi connectivity index (χ1) is 33.9. The van der Waals surface area contributed by atoms with Gasteiger partial charge in [-0.25, -0.2) is 23.1 Å². The average molecular weight is 1010 g/mol. The Morgan fingerprint density at radius 1 is 0.714 bits per heavy atom. The predicted octanol–water partition coefficient (Wildman–Crippen LogP) is 9.13. The minimum absolute atomic E-state index is 0.0319. The second kappa shape index (κ2) is 19.3. The number of fused-ring (bicyclic) bond motifs is 12. The zero-order chi connectivity index (χ0) is 49.0. The van der Waals surface area contributed by atoms with E-state index in [2.05, 4.69) is 117 Å². The number of sulfonamides is 1. The number of hydrogen-bond donors (Lipinski definition) is 4. The van der Waals surface area contributed by atoms with E-state index >= 15 is 0 Å². The summed E-state index contributed by atoms with van der Waals surface area (Å²) in [6.45, 7) is 19.2. The molecule has 0 spiro atoms. The first-order valence-corrected chi connectivity index (χ1v) is 26.4. The van der Waals surface area contributed by atoms with Crippen molar-refractivity contribution in [3.63, 3.8) is 0 Å². The van der Waals surface area contributed by atoms with E-state index in [0.717, 1.165) is 65.5 Å². The van der Waals surface area contributed by atoms with E-state index in [9.17, 15) is 8.42 Å². The molecule has 0 amide bonds. The molecule has 20 heteroatoms. The van der Waals surface area contributed by atoms with Crippen LogP contribution in [0.2, 0.25) is 0 Å². The first-order valence-electron chi connectivity index (χ1n) is 24.0. The average Bonchev–Trinajstić information content (AvgIpc) is 3.86. The van der Waals surface area contributed by atoms with Gasteiger partial charge in [0.05, 0.1) is 39.7 Å². The van der Waals surface area contributed by atoms with Gasteiger partial charge < -0.3 is 34.6 Å². The minimum atomic E-state index is -3.90. The first kappa shape index (κ1) is 47.6. The summed E-state index contributed by atoms with van der Waals surface area (Å²) < 4.78 is 48.4. The van der Waals surface area contributed by atoms with Crippen LogP contribution in [-0.2, 0) is 27.2 Å². The van der Waals surface area contributed by atoms with Gasteiger partial charge in [0.25, 0.3) is 0 Å². The fourth-order valence-electron chi connectivity index (χ4n) is 10.1. The highest BCUT2D eigenvalue weighted by atomic mass is 35.5. The monoisotopic (exact) mass is 1010 g/mol. The minimum Gasteiger partial charge on any atom is -0.475 e. The van der Waals surface area contributed by atoms with E-state index in [-0.39, 0.29) is 42.1 Å². The van der Waals surface area contributed by atoms with Crippen molar-refractivity contribution in [2.75, 3.05) is 55.2 Å². The van der Waals surface area contributed by atoms with Crippen LogP contribution >= 0.6 is 23.2 Å². The lowest BCUT2D eigenvalue weighted by Gasteiger charge is -2.35. The molecule has 0 bridgehead atoms. The van der Waals surface area contributed by atoms with Crippen molar-refractivity contribution in [2.45, 2.75) is 85.4 Å². The number of nitrogens with zero attached hydrogens (tertiary/aromatic N) is 9. The molecule has 366 valence electrons. The third kappa shape index (κ3) is 8.47. The van der Waals surface area contributed by atoms with Gasteiger partial charge in [-0.05, 0) is 83.4 Å². The van der Waals surface area contributed by atoms with Gasteiger partial charge in [-0.1, -0.05) is 87.3 Å². The third-order valence-electron chi connectivity index (χ3n) is 13.5. The van der Waals surface area contributed by atoms with E-state index in [0.29, 0.717) is 62.6 Å². The molecule has 4 unspecified atom stereocenters. The van der Waals surface area contributed by atoms with Crippen LogP contribution in [0.1, 0.15) is 65.8 Å². The molecule has 2 aliphatic carbocycles. The summed E-state index contributed by atoms with van der Waals surface area (Å²) in [6, 6.07) is 19.9. The molecule has 3 aromatic heterocycles. The Hall–Kier alpha value is -6.02. The second-order valence-corrected chi connectivity index (χ2v) is 20.0. The Balaban J connectivity index is 0.892. The lowest BCUT2D eigenvalue weighted by atomic mass is 9.93. The molecule has 4 atom stereocenters. The summed E-state index contributed by atoms with van der Waals surface area (Å²) in [4.78, 5) is 28.6. The molecule has 4 N–H and O–H groups in total. The summed E-state index contributed by atoms with van der Waals surface area (Å²) in [7, 11) is -3.90. The maximum Gasteiger partial charge on any atom is 0.230 e. The van der Waals surface area contributed by atoms with Gasteiger partial charge in [-0.3, -0.25) is 9.80 Å². The van der Waals surface area contributed by atoms with Crippen molar-refractivity contribution in [2.24, 2.45) is 9.98 Å². The van der Waals surface area contributed by atoms with Gasteiger partial charge in [0.15, 0.2) is 23.7 Å². The molecular formula is C50H57Cl2N13O4S. The molecule has 4 aliphatic rings. The summed E-state index contributed by atoms with van der Waals surface area (Å²) in [5.41, 5.74) is 6.31. The Morgan fingerprint density at radius 2 is 1.34 bits per heavy atom. The molecule has 0 saturated heterocycles. The molecule has 0 fully saturated rings. The number of ether oxygens (including phenoxy) is 2. The Morgan fingerprint density at radius 3 is 2.00 bits per heavy atom. The maximum absolute atomic E-state index is 14.0. The lowest BCUT2D eigenvalue weighted by Crippen LogP contribution is -2.40. The van der Waals surface area contributed by atoms with Gasteiger partial charge in [-0.2, -0.15) is 15.0 Å². The molecule has 6 aromatic rings. The number of rotatable bonds is 18. The number of halogens is 2. The third-order valence-corrected chi connectivity index (χ3v) is 15.5. The van der Waals surface area contributed by atoms with Crippen LogP contribution in [0.15, 0.2) is 98.2 Å². The molecule has 3 aromatic carbocycles. The van der Waals surface area contributed by atoms with E-state index in [1.54, 1.807) is 4.57 Å². The lowest BCUT2D eigenvalue weighted by molar-refractivity contribution is 0.169. The van der Waals surface area contributed by atoms with Crippen LogP contribution in [-0.4, -0.2) is 111 Å². The van der Waals surface area contributed by atoms with Crippen LogP contribution in [0, 0.1) is 0 Å². The fourth-order valence-corrected chi connectivity index (χ4v) is 11.8. The van der Waals surface area contributed by atoms with Crippen molar-refractivity contribution < 1.29 is 17.9 Å². The quantitative estimate of drug-likeness (QED) is 0.0475. The van der Waals surface area contributed by atoms with Crippen LogP contribution in [0.3, 0.4) is 0 Å². The van der Waals surface area contributed by atoms with Crippen molar-refractivity contribution in [1.29, 1.82) is 0 Å². The molecule has 10 rings (SSSR count). The summed E-state index contributed by atoms with van der Waals surface area (Å²) in [5.74, 6) is 1.68. The Kier molecular flexibility index (Phi) is 13.1. The molecular weight excluding hydrogens is 950 g/mol. The number of aryl methyl sites for hydroxylation is 1. The highest BCUT2D eigenvalue weighted by molar-refractivity contribution is 7.88. The van der Waals surface area contributed by atoms with E-state index in [1.165, 1.54) is 0 Å². The molecule has 70 heavy (non-hydrogen) atoms. The number of hydrogen-bond acceptors (Lipinski definition) is 14. The van der Waals surface area contributed by atoms with Crippen molar-refractivity contribution in [1.82, 2.24) is 38.6 Å². The zero-order valence-electron chi connectivity index (χ0n) is 40.2. The van der Waals surface area contributed by atoms with Gasteiger partial charge in [0.2, 0.25) is 27.9 Å². The molecule has 0 radical (unpaired) electrons. The Labute approximate surface area is 417 Å². The van der Waals surface area contributed by atoms with Crippen LogP contribution in [0.5, 0.6) is 5.75 Å². The highest BCUT2D eigenvalue weighted by Crippen LogP contribution is 2.51. The molecule has 2 aliphatic heterocycles. The van der Waals surface area contributed by atoms with Gasteiger partial charge in [0.1, 0.15) is 28.0 Å². The van der Waals surface area contributed by atoms with Crippen molar-refractivity contribution in [3.05, 3.63) is 99.5 Å². The normalized spacial score (nSPS) is 18.2. The smallest absolute Gasteiger partial charge is 0.230 e. The number of benzene rings is 3. The number of anilines is 3. The van der Waals surface area contributed by atoms with Crippen LogP contribution < -0.4 is 25.4 Å². The van der Waals surface area contributed by atoms with Crippen molar-refractivity contribution >= 4 is 107 Å². The topological polar surface area (TPSA) is 180 Å². The highest BCUT2D eigenvalue weighted by Gasteiger charge is 2.44. The Bertz CT molecular complexity index is 3280.